The Morgan fingerprint density at radius 1 is 0.800 bits per heavy atom. The summed E-state index contributed by atoms with van der Waals surface area (Å²) in [7, 11) is 0. The van der Waals surface area contributed by atoms with Crippen LogP contribution in [-0.4, -0.2) is 18.5 Å². The van der Waals surface area contributed by atoms with Crippen LogP contribution in [0.15, 0.2) is 0 Å². The molecule has 60 valence electrons. The van der Waals surface area contributed by atoms with E-state index in [4.69, 9.17) is 9.47 Å². The van der Waals surface area contributed by atoms with Crippen molar-refractivity contribution >= 4 is 0 Å². The van der Waals surface area contributed by atoms with Crippen LogP contribution in [0.25, 0.3) is 0 Å². The summed E-state index contributed by atoms with van der Waals surface area (Å²) >= 11 is 0. The lowest BCUT2D eigenvalue weighted by Crippen LogP contribution is -2.40. The predicted octanol–water partition coefficient (Wildman–Crippen LogP) is 1.79. The molecular formula is C8H16O2. The van der Waals surface area contributed by atoms with Gasteiger partial charge in [-0.15, -0.1) is 0 Å². The van der Waals surface area contributed by atoms with E-state index < -0.39 is 0 Å². The lowest BCUT2D eigenvalue weighted by atomic mass is 9.99. The topological polar surface area (TPSA) is 18.5 Å². The van der Waals surface area contributed by atoms with E-state index in [1.807, 2.05) is 6.92 Å². The number of rotatable bonds is 0. The van der Waals surface area contributed by atoms with Crippen molar-refractivity contribution in [2.75, 3.05) is 0 Å². The number of hydrogen-bond donors (Lipinski definition) is 0. The minimum atomic E-state index is -0.0267. The van der Waals surface area contributed by atoms with E-state index in [1.165, 1.54) is 0 Å². The summed E-state index contributed by atoms with van der Waals surface area (Å²) in [6, 6.07) is 0. The predicted molar refractivity (Wildman–Crippen MR) is 39.7 cm³/mol. The summed E-state index contributed by atoms with van der Waals surface area (Å²) < 4.78 is 10.9. The van der Waals surface area contributed by atoms with Gasteiger partial charge in [-0.05, 0) is 20.8 Å². The Labute approximate surface area is 62.5 Å². The fourth-order valence-corrected chi connectivity index (χ4v) is 1.27. The van der Waals surface area contributed by atoms with Gasteiger partial charge >= 0.3 is 0 Å². The van der Waals surface area contributed by atoms with Crippen LogP contribution in [0, 0.1) is 5.92 Å². The first kappa shape index (κ1) is 8.02. The maximum absolute atomic E-state index is 5.45. The average molecular weight is 144 g/mol. The summed E-state index contributed by atoms with van der Waals surface area (Å²) in [6.07, 6.45) is 0.638. The molecule has 0 aromatic carbocycles. The summed E-state index contributed by atoms with van der Waals surface area (Å²) in [4.78, 5) is 0. The van der Waals surface area contributed by atoms with Crippen LogP contribution in [0.3, 0.4) is 0 Å². The highest BCUT2D eigenvalue weighted by atomic mass is 16.7. The molecule has 0 aromatic rings. The molecule has 0 saturated carbocycles. The van der Waals surface area contributed by atoms with Gasteiger partial charge in [-0.25, -0.2) is 0 Å². The number of hydrogen-bond acceptors (Lipinski definition) is 2. The normalized spacial score (nSPS) is 49.2. The van der Waals surface area contributed by atoms with Gasteiger partial charge < -0.3 is 9.47 Å². The van der Waals surface area contributed by atoms with Crippen LogP contribution < -0.4 is 0 Å². The van der Waals surface area contributed by atoms with Gasteiger partial charge in [0.1, 0.15) is 0 Å². The molecule has 0 amide bonds. The molecule has 0 aromatic heterocycles. The largest absolute Gasteiger partial charge is 0.350 e. The molecule has 0 N–H and O–H groups in total. The van der Waals surface area contributed by atoms with Gasteiger partial charge in [0, 0.05) is 5.92 Å². The third kappa shape index (κ3) is 1.50. The van der Waals surface area contributed by atoms with E-state index in [0.717, 1.165) is 0 Å². The molecule has 1 heterocycles. The zero-order valence-electron chi connectivity index (χ0n) is 7.13. The summed E-state index contributed by atoms with van der Waals surface area (Å²) in [5.74, 6) is 0.510. The van der Waals surface area contributed by atoms with Crippen molar-refractivity contribution in [1.29, 1.82) is 0 Å². The van der Waals surface area contributed by atoms with Crippen molar-refractivity contribution in [2.45, 2.75) is 46.2 Å². The van der Waals surface area contributed by atoms with Crippen LogP contribution in [0.1, 0.15) is 27.7 Å². The van der Waals surface area contributed by atoms with Gasteiger partial charge in [-0.3, -0.25) is 0 Å². The maximum Gasteiger partial charge on any atom is 0.155 e. The molecule has 2 unspecified atom stereocenters. The second-order valence-electron chi connectivity index (χ2n) is 3.11. The van der Waals surface area contributed by atoms with E-state index in [0.29, 0.717) is 18.1 Å². The second kappa shape index (κ2) is 2.89. The molecule has 1 fully saturated rings. The molecule has 1 rings (SSSR count). The van der Waals surface area contributed by atoms with E-state index in [2.05, 4.69) is 20.8 Å². The number of ether oxygens (including phenoxy) is 2. The fraction of sp³-hybridized carbons (Fsp3) is 1.00. The van der Waals surface area contributed by atoms with E-state index in [1.54, 1.807) is 0 Å². The van der Waals surface area contributed by atoms with Crippen molar-refractivity contribution in [3.05, 3.63) is 0 Å². The molecule has 0 bridgehead atoms. The molecule has 2 heteroatoms. The van der Waals surface area contributed by atoms with Crippen molar-refractivity contribution in [3.8, 4) is 0 Å². The van der Waals surface area contributed by atoms with Gasteiger partial charge in [-0.1, -0.05) is 6.92 Å². The lowest BCUT2D eigenvalue weighted by Gasteiger charge is -2.36. The highest BCUT2D eigenvalue weighted by molar-refractivity contribution is 4.72. The second-order valence-corrected chi connectivity index (χ2v) is 3.11. The van der Waals surface area contributed by atoms with Gasteiger partial charge in [0.15, 0.2) is 6.29 Å². The zero-order valence-corrected chi connectivity index (χ0v) is 7.13. The Balaban J connectivity index is 2.49. The summed E-state index contributed by atoms with van der Waals surface area (Å²) in [5.41, 5.74) is 0. The van der Waals surface area contributed by atoms with E-state index in [-0.39, 0.29) is 6.29 Å². The fourth-order valence-electron chi connectivity index (χ4n) is 1.27. The van der Waals surface area contributed by atoms with Crippen molar-refractivity contribution in [3.63, 3.8) is 0 Å². The van der Waals surface area contributed by atoms with Crippen LogP contribution in [-0.2, 0) is 9.47 Å². The molecule has 2 nitrogen and oxygen atoms in total. The minimum absolute atomic E-state index is 0.0267. The average Bonchev–Trinajstić information content (AvgIpc) is 1.82. The van der Waals surface area contributed by atoms with Gasteiger partial charge in [0.25, 0.3) is 0 Å². The van der Waals surface area contributed by atoms with Crippen LogP contribution in [0.2, 0.25) is 0 Å². The van der Waals surface area contributed by atoms with Crippen LogP contribution >= 0.6 is 0 Å². The van der Waals surface area contributed by atoms with Crippen molar-refractivity contribution < 1.29 is 9.47 Å². The third-order valence-corrected chi connectivity index (χ3v) is 2.29. The summed E-state index contributed by atoms with van der Waals surface area (Å²) in [6.45, 7) is 8.29. The Morgan fingerprint density at radius 2 is 1.20 bits per heavy atom. The van der Waals surface area contributed by atoms with E-state index in [9.17, 15) is 0 Å². The smallest absolute Gasteiger partial charge is 0.155 e. The van der Waals surface area contributed by atoms with Crippen molar-refractivity contribution in [1.82, 2.24) is 0 Å². The molecule has 10 heavy (non-hydrogen) atoms. The molecule has 1 aliphatic rings. The van der Waals surface area contributed by atoms with Crippen LogP contribution in [0.5, 0.6) is 0 Å². The minimum Gasteiger partial charge on any atom is -0.350 e. The first-order valence-corrected chi connectivity index (χ1v) is 3.92. The van der Waals surface area contributed by atoms with Gasteiger partial charge in [0.05, 0.1) is 12.2 Å². The third-order valence-electron chi connectivity index (χ3n) is 2.29. The molecule has 0 aliphatic carbocycles. The molecule has 0 spiro atoms. The Morgan fingerprint density at radius 3 is 1.60 bits per heavy atom. The quantitative estimate of drug-likeness (QED) is 0.516. The Kier molecular flexibility index (Phi) is 2.32. The van der Waals surface area contributed by atoms with E-state index >= 15 is 0 Å². The standard InChI is InChI=1S/C8H16O2/c1-5-6(2)9-8(4)10-7(5)3/h5-8H,1-4H3. The highest BCUT2D eigenvalue weighted by Crippen LogP contribution is 2.23. The molecule has 2 atom stereocenters. The molecular weight excluding hydrogens is 128 g/mol. The Bertz CT molecular complexity index is 102. The van der Waals surface area contributed by atoms with Crippen LogP contribution in [0.4, 0.5) is 0 Å². The lowest BCUT2D eigenvalue weighted by molar-refractivity contribution is -0.248. The van der Waals surface area contributed by atoms with Gasteiger partial charge in [-0.2, -0.15) is 0 Å². The monoisotopic (exact) mass is 144 g/mol. The molecule has 1 aliphatic heterocycles. The molecule has 0 radical (unpaired) electrons. The van der Waals surface area contributed by atoms with Crippen molar-refractivity contribution in [2.24, 2.45) is 5.92 Å². The zero-order chi connectivity index (χ0) is 7.72. The SMILES string of the molecule is CC1OC(C)C(C)C(C)O1. The molecule has 1 saturated heterocycles. The first-order valence-electron chi connectivity index (χ1n) is 3.92. The highest BCUT2D eigenvalue weighted by Gasteiger charge is 2.28. The van der Waals surface area contributed by atoms with Gasteiger partial charge in [0.2, 0.25) is 0 Å². The summed E-state index contributed by atoms with van der Waals surface area (Å²) in [5, 5.41) is 0. The maximum atomic E-state index is 5.45. The first-order chi connectivity index (χ1) is 4.61. The Hall–Kier alpha value is -0.0800.